The summed E-state index contributed by atoms with van der Waals surface area (Å²) in [6, 6.07) is 4.76. The van der Waals surface area contributed by atoms with Gasteiger partial charge in [-0.2, -0.15) is 0 Å². The molecule has 1 heterocycles. The second-order valence-corrected chi connectivity index (χ2v) is 5.71. The molecule has 2 N–H and O–H groups in total. The fourth-order valence-electron chi connectivity index (χ4n) is 2.42. The number of carbonyl (C=O) groups excluding carboxylic acids is 1. The largest absolute Gasteiger partial charge is 0.393 e. The molecule has 0 aliphatic carbocycles. The highest BCUT2D eigenvalue weighted by atomic mass is 35.5. The summed E-state index contributed by atoms with van der Waals surface area (Å²) in [5, 5.41) is 13.3. The molecule has 20 heavy (non-hydrogen) atoms. The highest BCUT2D eigenvalue weighted by Gasteiger charge is 2.29. The minimum absolute atomic E-state index is 0.0384. The Morgan fingerprint density at radius 1 is 1.40 bits per heavy atom. The smallest absolute Gasteiger partial charge is 0.244 e. The molecular weight excluding hydrogens is 299 g/mol. The molecule has 1 atom stereocenters. The lowest BCUT2D eigenvalue weighted by atomic mass is 10.0. The van der Waals surface area contributed by atoms with Gasteiger partial charge in [0.2, 0.25) is 5.91 Å². The fourth-order valence-corrected chi connectivity index (χ4v) is 2.84. The van der Waals surface area contributed by atoms with E-state index in [4.69, 9.17) is 23.2 Å². The van der Waals surface area contributed by atoms with E-state index in [1.54, 1.807) is 30.1 Å². The summed E-state index contributed by atoms with van der Waals surface area (Å²) in [6.45, 7) is 1.13. The molecule has 6 heteroatoms. The maximum atomic E-state index is 12.6. The van der Waals surface area contributed by atoms with E-state index < -0.39 is 6.04 Å². The van der Waals surface area contributed by atoms with Crippen LogP contribution in [0.3, 0.4) is 0 Å². The summed E-state index contributed by atoms with van der Waals surface area (Å²) < 4.78 is 0. The van der Waals surface area contributed by atoms with Gasteiger partial charge in [-0.25, -0.2) is 0 Å². The topological polar surface area (TPSA) is 52.6 Å². The third kappa shape index (κ3) is 3.26. The number of aliphatic hydroxyl groups is 1. The van der Waals surface area contributed by atoms with Gasteiger partial charge in [-0.15, -0.1) is 0 Å². The van der Waals surface area contributed by atoms with Crippen molar-refractivity contribution in [2.75, 3.05) is 20.1 Å². The molecule has 1 saturated heterocycles. The van der Waals surface area contributed by atoms with Gasteiger partial charge in [-0.1, -0.05) is 35.3 Å². The third-order valence-electron chi connectivity index (χ3n) is 3.60. The molecule has 1 unspecified atom stereocenters. The van der Waals surface area contributed by atoms with Crippen molar-refractivity contribution in [3.63, 3.8) is 0 Å². The average Bonchev–Trinajstić information content (AvgIpc) is 2.45. The number of nitrogens with one attached hydrogen (secondary N) is 1. The predicted molar refractivity (Wildman–Crippen MR) is 80.1 cm³/mol. The summed E-state index contributed by atoms with van der Waals surface area (Å²) in [4.78, 5) is 14.3. The first kappa shape index (κ1) is 15.6. The molecule has 0 radical (unpaired) electrons. The van der Waals surface area contributed by atoms with E-state index in [1.165, 1.54) is 0 Å². The summed E-state index contributed by atoms with van der Waals surface area (Å²) in [7, 11) is 1.72. The van der Waals surface area contributed by atoms with Gasteiger partial charge in [0.15, 0.2) is 0 Å². The zero-order valence-electron chi connectivity index (χ0n) is 11.3. The van der Waals surface area contributed by atoms with E-state index in [0.29, 0.717) is 41.5 Å². The Kier molecular flexibility index (Phi) is 5.27. The number of aliphatic hydroxyl groups excluding tert-OH is 1. The molecule has 1 amide bonds. The fraction of sp³-hybridized carbons (Fsp3) is 0.500. The predicted octanol–water partition coefficient (Wildman–Crippen LogP) is 2.24. The van der Waals surface area contributed by atoms with Crippen LogP contribution in [0.2, 0.25) is 10.0 Å². The molecule has 1 aliphatic rings. The Hall–Kier alpha value is -0.810. The normalized spacial score (nSPS) is 18.1. The maximum absolute atomic E-state index is 12.6. The van der Waals surface area contributed by atoms with Crippen molar-refractivity contribution in [1.82, 2.24) is 10.2 Å². The molecule has 4 nitrogen and oxygen atoms in total. The number of nitrogens with zero attached hydrogens (tertiary/aromatic N) is 1. The van der Waals surface area contributed by atoms with Gasteiger partial charge in [0.25, 0.3) is 0 Å². The van der Waals surface area contributed by atoms with Crippen LogP contribution < -0.4 is 5.32 Å². The van der Waals surface area contributed by atoms with E-state index in [0.717, 1.165) is 0 Å². The van der Waals surface area contributed by atoms with E-state index in [1.807, 2.05) is 0 Å². The van der Waals surface area contributed by atoms with E-state index in [9.17, 15) is 9.90 Å². The van der Waals surface area contributed by atoms with Crippen molar-refractivity contribution in [2.45, 2.75) is 25.0 Å². The number of rotatable bonds is 3. The molecule has 0 aromatic heterocycles. The second kappa shape index (κ2) is 6.76. The zero-order valence-corrected chi connectivity index (χ0v) is 12.8. The molecular formula is C14H18Cl2N2O2. The Bertz CT molecular complexity index is 488. The third-order valence-corrected chi connectivity index (χ3v) is 4.44. The standard InChI is InChI=1S/C14H18Cl2N2O2/c1-17-13(10-3-2-4-11(15)12(10)16)14(20)18-7-5-9(19)6-8-18/h2-4,9,13,17,19H,5-8H2,1H3. The zero-order chi connectivity index (χ0) is 14.7. The number of hydrogen-bond acceptors (Lipinski definition) is 3. The van der Waals surface area contributed by atoms with Crippen LogP contribution in [0, 0.1) is 0 Å². The maximum Gasteiger partial charge on any atom is 0.244 e. The lowest BCUT2D eigenvalue weighted by Crippen LogP contribution is -2.45. The van der Waals surface area contributed by atoms with Crippen LogP contribution in [0.15, 0.2) is 18.2 Å². The van der Waals surface area contributed by atoms with Crippen LogP contribution in [0.5, 0.6) is 0 Å². The van der Waals surface area contributed by atoms with Crippen LogP contribution >= 0.6 is 23.2 Å². The van der Waals surface area contributed by atoms with Crippen LogP contribution in [0.1, 0.15) is 24.4 Å². The quantitative estimate of drug-likeness (QED) is 0.899. The van der Waals surface area contributed by atoms with Crippen molar-refractivity contribution < 1.29 is 9.90 Å². The molecule has 1 fully saturated rings. The van der Waals surface area contributed by atoms with Gasteiger partial charge < -0.3 is 15.3 Å². The Morgan fingerprint density at radius 2 is 2.05 bits per heavy atom. The van der Waals surface area contributed by atoms with Crippen LogP contribution in [0.4, 0.5) is 0 Å². The number of hydrogen-bond donors (Lipinski definition) is 2. The Morgan fingerprint density at radius 3 is 2.65 bits per heavy atom. The lowest BCUT2D eigenvalue weighted by Gasteiger charge is -2.32. The van der Waals surface area contributed by atoms with E-state index in [2.05, 4.69) is 5.32 Å². The number of carbonyl (C=O) groups is 1. The number of likely N-dealkylation sites (N-methyl/N-ethyl adjacent to an activating group) is 1. The van der Waals surface area contributed by atoms with Gasteiger partial charge in [-0.3, -0.25) is 4.79 Å². The number of halogens is 2. The van der Waals surface area contributed by atoms with Crippen molar-refractivity contribution >= 4 is 29.1 Å². The first-order chi connectivity index (χ1) is 9.54. The van der Waals surface area contributed by atoms with Crippen molar-refractivity contribution in [1.29, 1.82) is 0 Å². The SMILES string of the molecule is CNC(C(=O)N1CCC(O)CC1)c1cccc(Cl)c1Cl. The van der Waals surface area contributed by atoms with Crippen molar-refractivity contribution in [2.24, 2.45) is 0 Å². The molecule has 0 bridgehead atoms. The molecule has 0 saturated carbocycles. The number of likely N-dealkylation sites (tertiary alicyclic amines) is 1. The van der Waals surface area contributed by atoms with Crippen LogP contribution in [-0.4, -0.2) is 42.2 Å². The molecule has 1 aromatic rings. The van der Waals surface area contributed by atoms with Crippen molar-refractivity contribution in [3.8, 4) is 0 Å². The minimum atomic E-state index is -0.517. The molecule has 110 valence electrons. The minimum Gasteiger partial charge on any atom is -0.393 e. The first-order valence-electron chi connectivity index (χ1n) is 6.62. The summed E-state index contributed by atoms with van der Waals surface area (Å²) in [5.41, 5.74) is 0.679. The molecule has 1 aromatic carbocycles. The van der Waals surface area contributed by atoms with E-state index in [-0.39, 0.29) is 12.0 Å². The van der Waals surface area contributed by atoms with E-state index >= 15 is 0 Å². The van der Waals surface area contributed by atoms with Gasteiger partial charge in [0.05, 0.1) is 16.1 Å². The summed E-state index contributed by atoms with van der Waals surface area (Å²) in [5.74, 6) is -0.0384. The van der Waals surface area contributed by atoms with Gasteiger partial charge in [0, 0.05) is 13.1 Å². The highest BCUT2D eigenvalue weighted by Crippen LogP contribution is 2.31. The summed E-state index contributed by atoms with van der Waals surface area (Å²) >= 11 is 12.2. The first-order valence-corrected chi connectivity index (χ1v) is 7.38. The highest BCUT2D eigenvalue weighted by molar-refractivity contribution is 6.42. The van der Waals surface area contributed by atoms with Crippen LogP contribution in [0.25, 0.3) is 0 Å². The number of benzene rings is 1. The van der Waals surface area contributed by atoms with Gasteiger partial charge in [0.1, 0.15) is 6.04 Å². The molecule has 1 aliphatic heterocycles. The van der Waals surface area contributed by atoms with Gasteiger partial charge in [-0.05, 0) is 31.5 Å². The monoisotopic (exact) mass is 316 g/mol. The van der Waals surface area contributed by atoms with Crippen LogP contribution in [-0.2, 0) is 4.79 Å². The Labute approximate surface area is 128 Å². The Balaban J connectivity index is 2.19. The number of amides is 1. The second-order valence-electron chi connectivity index (χ2n) is 4.92. The lowest BCUT2D eigenvalue weighted by molar-refractivity contribution is -0.135. The molecule has 0 spiro atoms. The van der Waals surface area contributed by atoms with Crippen molar-refractivity contribution in [3.05, 3.63) is 33.8 Å². The summed E-state index contributed by atoms with van der Waals surface area (Å²) in [6.07, 6.45) is 0.929. The number of piperidine rings is 1. The average molecular weight is 317 g/mol. The van der Waals surface area contributed by atoms with Gasteiger partial charge >= 0.3 is 0 Å². The molecule has 2 rings (SSSR count).